The summed E-state index contributed by atoms with van der Waals surface area (Å²) in [6.07, 6.45) is 3.28. The summed E-state index contributed by atoms with van der Waals surface area (Å²) >= 11 is 0. The van der Waals surface area contributed by atoms with E-state index in [9.17, 15) is 4.79 Å². The number of carbonyl (C=O) groups is 1. The Hall–Kier alpha value is -1.59. The minimum Gasteiger partial charge on any atom is -0.497 e. The van der Waals surface area contributed by atoms with Gasteiger partial charge in [-0.05, 0) is 42.5 Å². The van der Waals surface area contributed by atoms with Gasteiger partial charge in [0.05, 0.1) is 20.3 Å². The number of carbonyl (C=O) groups excluding carboxylic acids is 1. The number of nitrogens with one attached hydrogen (secondary N) is 2. The molecule has 21 heavy (non-hydrogen) atoms. The highest BCUT2D eigenvalue weighted by Gasteiger charge is 2.21. The molecule has 1 aliphatic carbocycles. The van der Waals surface area contributed by atoms with E-state index in [0.29, 0.717) is 19.7 Å². The van der Waals surface area contributed by atoms with E-state index >= 15 is 0 Å². The number of amides is 1. The number of ether oxygens (including phenoxy) is 2. The molecule has 1 aromatic rings. The normalized spacial score (nSPS) is 17.1. The van der Waals surface area contributed by atoms with Crippen molar-refractivity contribution < 1.29 is 14.3 Å². The molecular weight excluding hydrogens is 268 g/mol. The third-order valence-corrected chi connectivity index (χ3v) is 3.80. The Bertz CT molecular complexity index is 477. The van der Waals surface area contributed by atoms with Crippen molar-refractivity contribution in [2.24, 2.45) is 0 Å². The first-order valence-electron chi connectivity index (χ1n) is 7.40. The molecule has 2 N–H and O–H groups in total. The maximum atomic E-state index is 11.7. The van der Waals surface area contributed by atoms with Crippen LogP contribution in [-0.2, 0) is 16.0 Å². The van der Waals surface area contributed by atoms with Crippen LogP contribution in [0.1, 0.15) is 30.0 Å². The van der Waals surface area contributed by atoms with Crippen LogP contribution in [-0.4, -0.2) is 39.8 Å². The highest BCUT2D eigenvalue weighted by Crippen LogP contribution is 2.32. The quantitative estimate of drug-likeness (QED) is 0.746. The summed E-state index contributed by atoms with van der Waals surface area (Å²) in [5, 5.41) is 6.17. The van der Waals surface area contributed by atoms with Crippen LogP contribution in [0.25, 0.3) is 0 Å². The number of hydrogen-bond acceptors (Lipinski definition) is 4. The zero-order chi connectivity index (χ0) is 15.1. The Balaban J connectivity index is 1.92. The van der Waals surface area contributed by atoms with Crippen molar-refractivity contribution in [3.63, 3.8) is 0 Å². The van der Waals surface area contributed by atoms with Crippen LogP contribution in [0.4, 0.5) is 0 Å². The van der Waals surface area contributed by atoms with E-state index in [4.69, 9.17) is 9.47 Å². The molecule has 0 spiro atoms. The molecule has 0 aliphatic heterocycles. The molecule has 5 nitrogen and oxygen atoms in total. The van der Waals surface area contributed by atoms with Crippen molar-refractivity contribution >= 4 is 5.91 Å². The van der Waals surface area contributed by atoms with Gasteiger partial charge in [0.15, 0.2) is 0 Å². The first-order valence-corrected chi connectivity index (χ1v) is 7.40. The van der Waals surface area contributed by atoms with E-state index in [2.05, 4.69) is 22.8 Å². The number of fused-ring (bicyclic) bond motifs is 1. The first-order chi connectivity index (χ1) is 10.2. The second kappa shape index (κ2) is 8.00. The van der Waals surface area contributed by atoms with Gasteiger partial charge in [0.2, 0.25) is 5.91 Å². The summed E-state index contributed by atoms with van der Waals surface area (Å²) in [6, 6.07) is 6.42. The van der Waals surface area contributed by atoms with Gasteiger partial charge in [-0.25, -0.2) is 0 Å². The van der Waals surface area contributed by atoms with Gasteiger partial charge in [-0.1, -0.05) is 6.07 Å². The number of benzene rings is 1. The smallest absolute Gasteiger partial charge is 0.234 e. The number of aryl methyl sites for hydroxylation is 1. The van der Waals surface area contributed by atoms with E-state index in [1.807, 2.05) is 6.07 Å². The molecule has 116 valence electrons. The molecule has 0 radical (unpaired) electrons. The third-order valence-electron chi connectivity index (χ3n) is 3.80. The van der Waals surface area contributed by atoms with Crippen LogP contribution in [0.15, 0.2) is 18.2 Å². The Morgan fingerprint density at radius 3 is 3.00 bits per heavy atom. The minimum atomic E-state index is 0.00192. The summed E-state index contributed by atoms with van der Waals surface area (Å²) in [4.78, 5) is 11.7. The van der Waals surface area contributed by atoms with Gasteiger partial charge in [0.25, 0.3) is 0 Å². The average Bonchev–Trinajstić information content (AvgIpc) is 2.52. The average molecular weight is 292 g/mol. The highest BCUT2D eigenvalue weighted by atomic mass is 16.5. The van der Waals surface area contributed by atoms with Crippen molar-refractivity contribution in [3.8, 4) is 5.75 Å². The summed E-state index contributed by atoms with van der Waals surface area (Å²) in [7, 11) is 3.30. The van der Waals surface area contributed by atoms with Crippen molar-refractivity contribution in [2.45, 2.75) is 25.3 Å². The Labute approximate surface area is 126 Å². The molecular formula is C16H24N2O3. The van der Waals surface area contributed by atoms with Crippen LogP contribution in [0.2, 0.25) is 0 Å². The second-order valence-electron chi connectivity index (χ2n) is 5.23. The topological polar surface area (TPSA) is 59.6 Å². The van der Waals surface area contributed by atoms with Gasteiger partial charge >= 0.3 is 0 Å². The lowest BCUT2D eigenvalue weighted by atomic mass is 9.87. The van der Waals surface area contributed by atoms with Crippen LogP contribution in [0.3, 0.4) is 0 Å². The van der Waals surface area contributed by atoms with Crippen molar-refractivity contribution in [2.75, 3.05) is 33.9 Å². The maximum absolute atomic E-state index is 11.7. The summed E-state index contributed by atoms with van der Waals surface area (Å²) in [6.45, 7) is 1.41. The minimum absolute atomic E-state index is 0.00192. The molecule has 5 heteroatoms. The van der Waals surface area contributed by atoms with Gasteiger partial charge in [-0.3, -0.25) is 4.79 Å². The lowest BCUT2D eigenvalue weighted by molar-refractivity contribution is -0.120. The Kier molecular flexibility index (Phi) is 6.02. The van der Waals surface area contributed by atoms with Crippen LogP contribution < -0.4 is 15.4 Å². The zero-order valence-electron chi connectivity index (χ0n) is 12.8. The van der Waals surface area contributed by atoms with E-state index in [-0.39, 0.29) is 11.9 Å². The van der Waals surface area contributed by atoms with Crippen molar-refractivity contribution in [3.05, 3.63) is 29.3 Å². The van der Waals surface area contributed by atoms with Gasteiger partial charge in [-0.15, -0.1) is 0 Å². The monoisotopic (exact) mass is 292 g/mol. The molecule has 0 fully saturated rings. The van der Waals surface area contributed by atoms with Gasteiger partial charge < -0.3 is 20.1 Å². The fourth-order valence-electron chi connectivity index (χ4n) is 2.69. The highest BCUT2D eigenvalue weighted by molar-refractivity contribution is 5.78. The first kappa shape index (κ1) is 15.8. The Morgan fingerprint density at radius 1 is 1.38 bits per heavy atom. The van der Waals surface area contributed by atoms with E-state index in [0.717, 1.165) is 25.0 Å². The fourth-order valence-corrected chi connectivity index (χ4v) is 2.69. The molecule has 0 saturated carbocycles. The van der Waals surface area contributed by atoms with Crippen LogP contribution >= 0.6 is 0 Å². The molecule has 1 aromatic carbocycles. The predicted molar refractivity (Wildman–Crippen MR) is 81.6 cm³/mol. The largest absolute Gasteiger partial charge is 0.497 e. The zero-order valence-corrected chi connectivity index (χ0v) is 12.8. The SMILES string of the molecule is COCCNC(=O)CNC1CCCc2ccc(OC)cc21. The summed E-state index contributed by atoms with van der Waals surface area (Å²) < 4.78 is 10.2. The van der Waals surface area contributed by atoms with Gasteiger partial charge in [0.1, 0.15) is 5.75 Å². The molecule has 2 rings (SSSR count). The molecule has 0 bridgehead atoms. The second-order valence-corrected chi connectivity index (χ2v) is 5.23. The van der Waals surface area contributed by atoms with Crippen LogP contribution in [0, 0.1) is 0 Å². The lowest BCUT2D eigenvalue weighted by Crippen LogP contribution is -2.38. The molecule has 1 amide bonds. The Morgan fingerprint density at radius 2 is 2.24 bits per heavy atom. The van der Waals surface area contributed by atoms with E-state index in [1.165, 1.54) is 11.1 Å². The van der Waals surface area contributed by atoms with E-state index in [1.54, 1.807) is 14.2 Å². The van der Waals surface area contributed by atoms with Gasteiger partial charge in [-0.2, -0.15) is 0 Å². The molecule has 0 saturated heterocycles. The molecule has 1 unspecified atom stereocenters. The molecule has 0 aromatic heterocycles. The van der Waals surface area contributed by atoms with E-state index < -0.39 is 0 Å². The molecule has 1 atom stereocenters. The maximum Gasteiger partial charge on any atom is 0.234 e. The van der Waals surface area contributed by atoms with Crippen molar-refractivity contribution in [1.29, 1.82) is 0 Å². The fraction of sp³-hybridized carbons (Fsp3) is 0.562. The number of rotatable bonds is 7. The summed E-state index contributed by atoms with van der Waals surface area (Å²) in [5.74, 6) is 0.870. The van der Waals surface area contributed by atoms with Crippen molar-refractivity contribution in [1.82, 2.24) is 10.6 Å². The predicted octanol–water partition coefficient (Wildman–Crippen LogP) is 1.42. The number of hydrogen-bond donors (Lipinski definition) is 2. The summed E-state index contributed by atoms with van der Waals surface area (Å²) in [5.41, 5.74) is 2.60. The molecule has 1 aliphatic rings. The number of methoxy groups -OCH3 is 2. The standard InChI is InChI=1S/C16H24N2O3/c1-20-9-8-17-16(19)11-18-15-5-3-4-12-6-7-13(21-2)10-14(12)15/h6-7,10,15,18H,3-5,8-9,11H2,1-2H3,(H,17,19). The lowest BCUT2D eigenvalue weighted by Gasteiger charge is -2.26. The van der Waals surface area contributed by atoms with Gasteiger partial charge in [0, 0.05) is 19.7 Å². The molecule has 0 heterocycles. The third kappa shape index (κ3) is 4.44. The van der Waals surface area contributed by atoms with Crippen LogP contribution in [0.5, 0.6) is 5.75 Å².